The van der Waals surface area contributed by atoms with Crippen LogP contribution in [0.1, 0.15) is 12.1 Å². The Balaban J connectivity index is 3.08. The molecule has 1 nitrogen and oxygen atoms in total. The van der Waals surface area contributed by atoms with E-state index in [9.17, 15) is 8.78 Å². The zero-order valence-corrected chi connectivity index (χ0v) is 7.53. The van der Waals surface area contributed by atoms with Crippen LogP contribution >= 0.6 is 27.5 Å². The molecule has 0 atom stereocenters. The Morgan fingerprint density at radius 3 is 2.55 bits per heavy atom. The summed E-state index contributed by atoms with van der Waals surface area (Å²) in [6.07, 6.45) is -2.58. The number of aromatic nitrogens is 1. The van der Waals surface area contributed by atoms with E-state index in [1.807, 2.05) is 0 Å². The number of hydrogen-bond donors (Lipinski definition) is 0. The summed E-state index contributed by atoms with van der Waals surface area (Å²) in [6.45, 7) is 0. The third-order valence-electron chi connectivity index (χ3n) is 1.00. The van der Waals surface area contributed by atoms with Gasteiger partial charge in [0.1, 0.15) is 10.8 Å². The maximum atomic E-state index is 12.0. The molecule has 0 unspecified atom stereocenters. The Morgan fingerprint density at radius 2 is 2.09 bits per heavy atom. The van der Waals surface area contributed by atoms with Crippen molar-refractivity contribution in [3.8, 4) is 0 Å². The van der Waals surface area contributed by atoms with Gasteiger partial charge in [-0.2, -0.15) is 0 Å². The van der Waals surface area contributed by atoms with Crippen molar-refractivity contribution in [2.45, 2.75) is 6.43 Å². The summed E-state index contributed by atoms with van der Waals surface area (Å²) in [7, 11) is 0. The lowest BCUT2D eigenvalue weighted by Gasteiger charge is -1.99. The summed E-state index contributed by atoms with van der Waals surface area (Å²) in [4.78, 5) is 3.42. The van der Waals surface area contributed by atoms with Crippen molar-refractivity contribution in [1.82, 2.24) is 4.98 Å². The fourth-order valence-corrected chi connectivity index (χ4v) is 1.39. The summed E-state index contributed by atoms with van der Waals surface area (Å²) < 4.78 is 24.5. The highest BCUT2D eigenvalue weighted by atomic mass is 79.9. The zero-order valence-electron chi connectivity index (χ0n) is 5.19. The van der Waals surface area contributed by atoms with Crippen LogP contribution in [0.3, 0.4) is 0 Å². The van der Waals surface area contributed by atoms with Crippen molar-refractivity contribution >= 4 is 27.5 Å². The largest absolute Gasteiger partial charge is 0.280 e. The molecule has 0 saturated carbocycles. The Morgan fingerprint density at radius 1 is 1.45 bits per heavy atom. The van der Waals surface area contributed by atoms with Crippen LogP contribution < -0.4 is 0 Å². The van der Waals surface area contributed by atoms with Crippen molar-refractivity contribution < 1.29 is 8.78 Å². The Labute approximate surface area is 75.5 Å². The molecule has 0 radical (unpaired) electrons. The first-order valence-corrected chi connectivity index (χ1v) is 3.88. The summed E-state index contributed by atoms with van der Waals surface area (Å²) >= 11 is 8.44. The molecule has 5 heteroatoms. The SMILES string of the molecule is FC(F)c1cc(Br)cc(Cl)n1. The van der Waals surface area contributed by atoms with Crippen LogP contribution in [0.2, 0.25) is 5.15 Å². The first kappa shape index (κ1) is 8.87. The van der Waals surface area contributed by atoms with Gasteiger partial charge in [0.25, 0.3) is 6.43 Å². The van der Waals surface area contributed by atoms with Gasteiger partial charge in [-0.05, 0) is 12.1 Å². The second kappa shape index (κ2) is 3.45. The van der Waals surface area contributed by atoms with E-state index in [0.717, 1.165) is 0 Å². The lowest BCUT2D eigenvalue weighted by molar-refractivity contribution is 0.146. The Hall–Kier alpha value is -0.220. The van der Waals surface area contributed by atoms with Crippen molar-refractivity contribution in [2.24, 2.45) is 0 Å². The molecule has 0 N–H and O–H groups in total. The zero-order chi connectivity index (χ0) is 8.43. The molecule has 0 aromatic carbocycles. The van der Waals surface area contributed by atoms with E-state index >= 15 is 0 Å². The van der Waals surface area contributed by atoms with Crippen molar-refractivity contribution in [3.63, 3.8) is 0 Å². The summed E-state index contributed by atoms with van der Waals surface area (Å²) in [5.74, 6) is 0. The predicted molar refractivity (Wildman–Crippen MR) is 41.9 cm³/mol. The molecule has 0 saturated heterocycles. The molecule has 1 aromatic heterocycles. The molecule has 0 bridgehead atoms. The number of halogens is 4. The van der Waals surface area contributed by atoms with Crippen LogP contribution in [0.5, 0.6) is 0 Å². The van der Waals surface area contributed by atoms with Gasteiger partial charge in [0.2, 0.25) is 0 Å². The highest BCUT2D eigenvalue weighted by molar-refractivity contribution is 9.10. The number of rotatable bonds is 1. The van der Waals surface area contributed by atoms with Gasteiger partial charge in [-0.3, -0.25) is 0 Å². The quantitative estimate of drug-likeness (QED) is 0.688. The molecule has 11 heavy (non-hydrogen) atoms. The standard InChI is InChI=1S/C6H3BrClF2N/c7-3-1-4(6(9)10)11-5(8)2-3/h1-2,6H. The lowest BCUT2D eigenvalue weighted by Crippen LogP contribution is -1.89. The fourth-order valence-electron chi connectivity index (χ4n) is 0.596. The van der Waals surface area contributed by atoms with E-state index in [4.69, 9.17) is 11.6 Å². The van der Waals surface area contributed by atoms with Crippen molar-refractivity contribution in [2.75, 3.05) is 0 Å². The highest BCUT2D eigenvalue weighted by Crippen LogP contribution is 2.22. The normalized spacial score (nSPS) is 10.6. The van der Waals surface area contributed by atoms with Crippen LogP contribution in [-0.4, -0.2) is 4.98 Å². The molecule has 0 aliphatic rings. The molecule has 0 fully saturated rings. The van der Waals surface area contributed by atoms with Gasteiger partial charge in [0.05, 0.1) is 0 Å². The molecule has 1 heterocycles. The minimum atomic E-state index is -2.58. The average molecular weight is 242 g/mol. The molecule has 0 spiro atoms. The first-order valence-electron chi connectivity index (χ1n) is 2.70. The van der Waals surface area contributed by atoms with Crippen LogP contribution in [0.4, 0.5) is 8.78 Å². The van der Waals surface area contributed by atoms with E-state index in [0.29, 0.717) is 4.47 Å². The van der Waals surface area contributed by atoms with Gasteiger partial charge in [-0.1, -0.05) is 27.5 Å². The van der Waals surface area contributed by atoms with Crippen molar-refractivity contribution in [1.29, 1.82) is 0 Å². The number of hydrogen-bond acceptors (Lipinski definition) is 1. The topological polar surface area (TPSA) is 12.9 Å². The predicted octanol–water partition coefficient (Wildman–Crippen LogP) is 3.44. The minimum absolute atomic E-state index is 0.0645. The molecular weight excluding hydrogens is 239 g/mol. The highest BCUT2D eigenvalue weighted by Gasteiger charge is 2.09. The Kier molecular flexibility index (Phi) is 2.78. The van der Waals surface area contributed by atoms with Crippen molar-refractivity contribution in [3.05, 3.63) is 27.5 Å². The molecule has 0 aliphatic carbocycles. The smallest absolute Gasteiger partial charge is 0.235 e. The Bertz CT molecular complexity index is 247. The first-order chi connectivity index (χ1) is 5.09. The molecule has 1 rings (SSSR count). The van der Waals surface area contributed by atoms with Crippen LogP contribution in [-0.2, 0) is 0 Å². The van der Waals surface area contributed by atoms with Gasteiger partial charge in [0, 0.05) is 4.47 Å². The van der Waals surface area contributed by atoms with E-state index < -0.39 is 6.43 Å². The van der Waals surface area contributed by atoms with Crippen LogP contribution in [0, 0.1) is 0 Å². The molecule has 0 amide bonds. The van der Waals surface area contributed by atoms with Gasteiger partial charge in [-0.25, -0.2) is 13.8 Å². The molecule has 0 aliphatic heterocycles. The maximum Gasteiger partial charge on any atom is 0.280 e. The number of nitrogens with zero attached hydrogens (tertiary/aromatic N) is 1. The second-order valence-corrected chi connectivity index (χ2v) is 3.14. The maximum absolute atomic E-state index is 12.0. The van der Waals surface area contributed by atoms with Gasteiger partial charge < -0.3 is 0 Å². The van der Waals surface area contributed by atoms with Crippen LogP contribution in [0.15, 0.2) is 16.6 Å². The molecule has 1 aromatic rings. The summed E-state index contributed by atoms with van der Waals surface area (Å²) in [6, 6.07) is 2.68. The van der Waals surface area contributed by atoms with Crippen LogP contribution in [0.25, 0.3) is 0 Å². The van der Waals surface area contributed by atoms with E-state index in [1.165, 1.54) is 12.1 Å². The second-order valence-electron chi connectivity index (χ2n) is 1.83. The monoisotopic (exact) mass is 241 g/mol. The van der Waals surface area contributed by atoms with Gasteiger partial charge in [-0.15, -0.1) is 0 Å². The van der Waals surface area contributed by atoms with E-state index in [1.54, 1.807) is 0 Å². The van der Waals surface area contributed by atoms with Gasteiger partial charge >= 0.3 is 0 Å². The third kappa shape index (κ3) is 2.38. The van der Waals surface area contributed by atoms with E-state index in [-0.39, 0.29) is 10.8 Å². The number of pyridine rings is 1. The molecule has 60 valence electrons. The average Bonchev–Trinajstić information content (AvgIpc) is 1.85. The molecular formula is C6H3BrClF2N. The number of alkyl halides is 2. The lowest BCUT2D eigenvalue weighted by atomic mass is 10.4. The summed E-state index contributed by atoms with van der Waals surface area (Å²) in [5.41, 5.74) is -0.315. The fraction of sp³-hybridized carbons (Fsp3) is 0.167. The third-order valence-corrected chi connectivity index (χ3v) is 1.65. The minimum Gasteiger partial charge on any atom is -0.235 e. The summed E-state index contributed by atoms with van der Waals surface area (Å²) in [5, 5.41) is 0.0645. The van der Waals surface area contributed by atoms with E-state index in [2.05, 4.69) is 20.9 Å². The van der Waals surface area contributed by atoms with Gasteiger partial charge in [0.15, 0.2) is 0 Å².